The highest BCUT2D eigenvalue weighted by atomic mass is 16.6. The average molecular weight is 450 g/mol. The van der Waals surface area contributed by atoms with Crippen molar-refractivity contribution in [3.63, 3.8) is 0 Å². The Kier molecular flexibility index (Phi) is 7.04. The molecule has 0 bridgehead atoms. The van der Waals surface area contributed by atoms with Crippen molar-refractivity contribution >= 4 is 17.9 Å². The smallest absolute Gasteiger partial charge is 0.414 e. The molecule has 0 saturated heterocycles. The van der Waals surface area contributed by atoms with Gasteiger partial charge in [-0.3, -0.25) is 10.1 Å². The van der Waals surface area contributed by atoms with Crippen LogP contribution in [0.4, 0.5) is 10.7 Å². The second-order valence-corrected chi connectivity index (χ2v) is 8.26. The summed E-state index contributed by atoms with van der Waals surface area (Å²) in [7, 11) is 0. The van der Waals surface area contributed by atoms with Gasteiger partial charge in [-0.2, -0.15) is 0 Å². The van der Waals surface area contributed by atoms with Crippen LogP contribution >= 0.6 is 0 Å². The number of benzene rings is 2. The van der Waals surface area contributed by atoms with E-state index in [2.05, 4.69) is 15.6 Å². The summed E-state index contributed by atoms with van der Waals surface area (Å²) in [5.41, 5.74) is 3.08. The number of nitrogens with zero attached hydrogens (tertiary/aromatic N) is 1. The SMILES string of the molecule is CC(OC(=O)Nc1ocnc1-c1ccc(CNC(CC2CC2)C(=O)O)cc1)c1ccccc1. The first-order valence-electron chi connectivity index (χ1n) is 11.0. The van der Waals surface area contributed by atoms with Gasteiger partial charge in [0.1, 0.15) is 17.8 Å². The van der Waals surface area contributed by atoms with Gasteiger partial charge in [0.15, 0.2) is 6.39 Å². The van der Waals surface area contributed by atoms with Crippen molar-refractivity contribution in [1.82, 2.24) is 10.3 Å². The van der Waals surface area contributed by atoms with Crippen molar-refractivity contribution < 1.29 is 23.8 Å². The van der Waals surface area contributed by atoms with E-state index in [4.69, 9.17) is 9.15 Å². The number of ether oxygens (including phenoxy) is 1. The Morgan fingerprint density at radius 1 is 1.15 bits per heavy atom. The summed E-state index contributed by atoms with van der Waals surface area (Å²) in [5, 5.41) is 15.1. The number of amides is 1. The van der Waals surface area contributed by atoms with Crippen LogP contribution in [0.5, 0.6) is 0 Å². The van der Waals surface area contributed by atoms with Crippen LogP contribution in [0.1, 0.15) is 43.4 Å². The van der Waals surface area contributed by atoms with Gasteiger partial charge in [0.05, 0.1) is 0 Å². The molecule has 3 N–H and O–H groups in total. The molecule has 4 rings (SSSR count). The molecule has 1 fully saturated rings. The second-order valence-electron chi connectivity index (χ2n) is 8.26. The zero-order valence-corrected chi connectivity index (χ0v) is 18.4. The lowest BCUT2D eigenvalue weighted by Crippen LogP contribution is -2.36. The fraction of sp³-hybridized carbons (Fsp3) is 0.320. The van der Waals surface area contributed by atoms with Crippen LogP contribution in [0.15, 0.2) is 65.4 Å². The fourth-order valence-corrected chi connectivity index (χ4v) is 3.60. The Labute approximate surface area is 192 Å². The molecule has 172 valence electrons. The van der Waals surface area contributed by atoms with Crippen LogP contribution in [-0.2, 0) is 16.1 Å². The van der Waals surface area contributed by atoms with Crippen molar-refractivity contribution in [3.8, 4) is 11.3 Å². The summed E-state index contributed by atoms with van der Waals surface area (Å²) in [5.74, 6) is -0.0896. The van der Waals surface area contributed by atoms with E-state index in [1.54, 1.807) is 6.92 Å². The summed E-state index contributed by atoms with van der Waals surface area (Å²) in [6.07, 6.45) is 3.11. The Morgan fingerprint density at radius 2 is 1.88 bits per heavy atom. The first kappa shape index (κ1) is 22.5. The zero-order valence-electron chi connectivity index (χ0n) is 18.4. The largest absolute Gasteiger partial charge is 0.480 e. The third-order valence-corrected chi connectivity index (χ3v) is 5.68. The molecule has 1 aliphatic carbocycles. The Bertz CT molecular complexity index is 1080. The number of carbonyl (C=O) groups is 2. The van der Waals surface area contributed by atoms with E-state index >= 15 is 0 Å². The van der Waals surface area contributed by atoms with Gasteiger partial charge in [-0.1, -0.05) is 67.4 Å². The second kappa shape index (κ2) is 10.3. The lowest BCUT2D eigenvalue weighted by Gasteiger charge is -2.14. The van der Waals surface area contributed by atoms with Crippen LogP contribution in [0.25, 0.3) is 11.3 Å². The summed E-state index contributed by atoms with van der Waals surface area (Å²) >= 11 is 0. The van der Waals surface area contributed by atoms with E-state index in [0.29, 0.717) is 24.6 Å². The van der Waals surface area contributed by atoms with Crippen LogP contribution in [0.3, 0.4) is 0 Å². The van der Waals surface area contributed by atoms with Crippen LogP contribution in [0.2, 0.25) is 0 Å². The topological polar surface area (TPSA) is 114 Å². The molecule has 0 aliphatic heterocycles. The minimum Gasteiger partial charge on any atom is -0.480 e. The van der Waals surface area contributed by atoms with E-state index in [9.17, 15) is 14.7 Å². The molecule has 3 aromatic rings. The minimum atomic E-state index is -0.815. The van der Waals surface area contributed by atoms with Crippen LogP contribution < -0.4 is 10.6 Å². The highest BCUT2D eigenvalue weighted by Crippen LogP contribution is 2.33. The van der Waals surface area contributed by atoms with E-state index < -0.39 is 24.2 Å². The molecule has 1 aliphatic rings. The van der Waals surface area contributed by atoms with Crippen LogP contribution in [-0.4, -0.2) is 28.2 Å². The number of anilines is 1. The minimum absolute atomic E-state index is 0.196. The third-order valence-electron chi connectivity index (χ3n) is 5.68. The number of hydrogen-bond donors (Lipinski definition) is 3. The zero-order chi connectivity index (χ0) is 23.2. The number of carbonyl (C=O) groups excluding carboxylic acids is 1. The molecular formula is C25H27N3O5. The molecule has 1 heterocycles. The van der Waals surface area contributed by atoms with Crippen molar-refractivity contribution in [1.29, 1.82) is 0 Å². The van der Waals surface area contributed by atoms with Crippen molar-refractivity contribution in [2.24, 2.45) is 5.92 Å². The van der Waals surface area contributed by atoms with Gasteiger partial charge in [0.25, 0.3) is 0 Å². The highest BCUT2D eigenvalue weighted by Gasteiger charge is 2.28. The molecule has 2 unspecified atom stereocenters. The number of carboxylic acid groups (broad SMARTS) is 1. The van der Waals surface area contributed by atoms with E-state index in [0.717, 1.165) is 29.5 Å². The van der Waals surface area contributed by atoms with Gasteiger partial charge in [-0.15, -0.1) is 0 Å². The summed E-state index contributed by atoms with van der Waals surface area (Å²) in [4.78, 5) is 28.0. The number of aliphatic carboxylic acids is 1. The average Bonchev–Trinajstić information content (AvgIpc) is 3.53. The molecule has 8 heteroatoms. The molecule has 1 amide bonds. The fourth-order valence-electron chi connectivity index (χ4n) is 3.60. The first-order chi connectivity index (χ1) is 16.0. The maximum absolute atomic E-state index is 12.3. The van der Waals surface area contributed by atoms with Crippen molar-refractivity contribution in [2.75, 3.05) is 5.32 Å². The standard InChI is InChI=1S/C25H27N3O5/c1-16(19-5-3-2-4-6-19)33-25(31)28-23-22(27-15-32-23)20-11-9-18(10-12-20)14-26-21(24(29)30)13-17-7-8-17/h2-6,9-12,15-17,21,26H,7-8,13-14H2,1H3,(H,28,31)(H,29,30). The Hall–Kier alpha value is -3.65. The molecular weight excluding hydrogens is 422 g/mol. The molecule has 33 heavy (non-hydrogen) atoms. The lowest BCUT2D eigenvalue weighted by atomic mass is 10.1. The molecule has 0 radical (unpaired) electrons. The molecule has 1 aromatic heterocycles. The van der Waals surface area contributed by atoms with Crippen molar-refractivity contribution in [3.05, 3.63) is 72.1 Å². The monoisotopic (exact) mass is 449 g/mol. The molecule has 2 aromatic carbocycles. The highest BCUT2D eigenvalue weighted by molar-refractivity contribution is 5.87. The first-order valence-corrected chi connectivity index (χ1v) is 11.0. The predicted octanol–water partition coefficient (Wildman–Crippen LogP) is 4.99. The summed E-state index contributed by atoms with van der Waals surface area (Å²) in [6, 6.07) is 16.4. The predicted molar refractivity (Wildman–Crippen MR) is 123 cm³/mol. The summed E-state index contributed by atoms with van der Waals surface area (Å²) in [6.45, 7) is 2.25. The Morgan fingerprint density at radius 3 is 2.55 bits per heavy atom. The molecule has 0 spiro atoms. The number of carboxylic acids is 1. The van der Waals surface area contributed by atoms with Gasteiger partial charge in [0, 0.05) is 12.1 Å². The van der Waals surface area contributed by atoms with E-state index in [-0.39, 0.29) is 5.88 Å². The molecule has 8 nitrogen and oxygen atoms in total. The van der Waals surface area contributed by atoms with Crippen LogP contribution in [0, 0.1) is 5.92 Å². The molecule has 2 atom stereocenters. The number of oxazole rings is 1. The maximum atomic E-state index is 12.3. The van der Waals surface area contributed by atoms with Gasteiger partial charge in [-0.25, -0.2) is 9.78 Å². The van der Waals surface area contributed by atoms with Gasteiger partial charge >= 0.3 is 12.1 Å². The van der Waals surface area contributed by atoms with E-state index in [1.807, 2.05) is 54.6 Å². The third kappa shape index (κ3) is 6.20. The van der Waals surface area contributed by atoms with Gasteiger partial charge in [0.2, 0.25) is 5.88 Å². The Balaban J connectivity index is 1.34. The normalized spacial score (nSPS) is 14.9. The number of rotatable bonds is 10. The quantitative estimate of drug-likeness (QED) is 0.399. The number of nitrogens with one attached hydrogen (secondary N) is 2. The lowest BCUT2D eigenvalue weighted by molar-refractivity contribution is -0.139. The van der Waals surface area contributed by atoms with Gasteiger partial charge < -0.3 is 19.6 Å². The maximum Gasteiger partial charge on any atom is 0.414 e. The van der Waals surface area contributed by atoms with Crippen molar-refractivity contribution in [2.45, 2.75) is 44.9 Å². The summed E-state index contributed by atoms with van der Waals surface area (Å²) < 4.78 is 10.8. The number of aromatic nitrogens is 1. The van der Waals surface area contributed by atoms with Gasteiger partial charge in [-0.05, 0) is 30.4 Å². The number of hydrogen-bond acceptors (Lipinski definition) is 6. The van der Waals surface area contributed by atoms with E-state index in [1.165, 1.54) is 6.39 Å². The molecule has 1 saturated carbocycles.